The van der Waals surface area contributed by atoms with Crippen LogP contribution in [0.4, 0.5) is 5.69 Å². The van der Waals surface area contributed by atoms with E-state index in [1.807, 2.05) is 38.4 Å². The lowest BCUT2D eigenvalue weighted by atomic mass is 10.0. The highest BCUT2D eigenvalue weighted by atomic mass is 32.1. The molecule has 2 aromatic heterocycles. The van der Waals surface area contributed by atoms with Crippen LogP contribution in [0.3, 0.4) is 0 Å². The maximum atomic E-state index is 11.5. The van der Waals surface area contributed by atoms with Crippen molar-refractivity contribution in [3.8, 4) is 11.3 Å². The first-order valence-corrected chi connectivity index (χ1v) is 10.3. The minimum atomic E-state index is -0.399. The fourth-order valence-corrected chi connectivity index (χ4v) is 4.09. The zero-order valence-electron chi connectivity index (χ0n) is 17.3. The molecule has 31 heavy (non-hydrogen) atoms. The quantitative estimate of drug-likeness (QED) is 0.339. The molecule has 1 aliphatic rings. The first kappa shape index (κ1) is 21.0. The van der Waals surface area contributed by atoms with Crippen molar-refractivity contribution in [1.82, 2.24) is 20.1 Å². The van der Waals surface area contributed by atoms with Crippen LogP contribution in [0.2, 0.25) is 0 Å². The molecule has 0 radical (unpaired) electrons. The van der Waals surface area contributed by atoms with Crippen molar-refractivity contribution < 1.29 is 9.34 Å². The molecule has 3 heterocycles. The summed E-state index contributed by atoms with van der Waals surface area (Å²) in [5, 5.41) is 15.5. The number of hydrogen-bond donors (Lipinski definition) is 1. The van der Waals surface area contributed by atoms with E-state index in [0.717, 1.165) is 12.2 Å². The van der Waals surface area contributed by atoms with Gasteiger partial charge in [0.2, 0.25) is 0 Å². The fourth-order valence-electron chi connectivity index (χ4n) is 3.76. The van der Waals surface area contributed by atoms with E-state index in [2.05, 4.69) is 20.1 Å². The largest absolute Gasteiger partial charge is 0.459 e. The SMILES string of the molecule is CN(C)CCN1C(=S)N[C@H](c2ccccn2)[C@H]1c1ccc(-c2ccccc2[N+](=O)[O-])o1. The van der Waals surface area contributed by atoms with Gasteiger partial charge in [0, 0.05) is 25.4 Å². The molecular weight excluding hydrogens is 414 g/mol. The summed E-state index contributed by atoms with van der Waals surface area (Å²) in [6, 6.07) is 15.6. The number of rotatable bonds is 7. The average Bonchev–Trinajstić information content (AvgIpc) is 3.37. The molecule has 9 heteroatoms. The van der Waals surface area contributed by atoms with Crippen molar-refractivity contribution in [3.63, 3.8) is 0 Å². The molecule has 2 atom stereocenters. The lowest BCUT2D eigenvalue weighted by Gasteiger charge is -2.27. The van der Waals surface area contributed by atoms with Crippen molar-refractivity contribution in [1.29, 1.82) is 0 Å². The average molecular weight is 438 g/mol. The molecule has 0 spiro atoms. The van der Waals surface area contributed by atoms with Gasteiger partial charge in [-0.2, -0.15) is 0 Å². The Kier molecular flexibility index (Phi) is 5.97. The van der Waals surface area contributed by atoms with Gasteiger partial charge in [0.05, 0.1) is 22.2 Å². The van der Waals surface area contributed by atoms with E-state index in [4.69, 9.17) is 16.6 Å². The molecule has 0 bridgehead atoms. The number of furan rings is 1. The van der Waals surface area contributed by atoms with E-state index in [1.54, 1.807) is 30.5 Å². The highest BCUT2D eigenvalue weighted by molar-refractivity contribution is 7.80. The number of nitrogens with one attached hydrogen (secondary N) is 1. The van der Waals surface area contributed by atoms with E-state index in [-0.39, 0.29) is 17.8 Å². The lowest BCUT2D eigenvalue weighted by molar-refractivity contribution is -0.384. The Balaban J connectivity index is 1.73. The van der Waals surface area contributed by atoms with Crippen LogP contribution < -0.4 is 5.32 Å². The van der Waals surface area contributed by atoms with Crippen LogP contribution in [0, 0.1) is 10.1 Å². The second kappa shape index (κ2) is 8.83. The second-order valence-corrected chi connectivity index (χ2v) is 7.99. The van der Waals surface area contributed by atoms with Crippen molar-refractivity contribution in [2.75, 3.05) is 27.2 Å². The zero-order chi connectivity index (χ0) is 22.0. The summed E-state index contributed by atoms with van der Waals surface area (Å²) in [4.78, 5) is 19.8. The van der Waals surface area contributed by atoms with Crippen molar-refractivity contribution in [3.05, 3.63) is 82.4 Å². The molecule has 0 amide bonds. The third kappa shape index (κ3) is 4.28. The topological polar surface area (TPSA) is 87.7 Å². The van der Waals surface area contributed by atoms with Gasteiger partial charge >= 0.3 is 0 Å². The number of likely N-dealkylation sites (N-methyl/N-ethyl adjacent to an activating group) is 1. The zero-order valence-corrected chi connectivity index (χ0v) is 18.1. The maximum Gasteiger partial charge on any atom is 0.280 e. The normalized spacial score (nSPS) is 18.4. The minimum Gasteiger partial charge on any atom is -0.459 e. The number of benzene rings is 1. The first-order chi connectivity index (χ1) is 15.0. The van der Waals surface area contributed by atoms with E-state index in [1.165, 1.54) is 6.07 Å². The molecular formula is C22H23N5O3S. The number of para-hydroxylation sites is 1. The Morgan fingerprint density at radius 1 is 1.19 bits per heavy atom. The molecule has 8 nitrogen and oxygen atoms in total. The molecule has 1 N–H and O–H groups in total. The molecule has 1 aromatic carbocycles. The first-order valence-electron chi connectivity index (χ1n) is 9.92. The molecule has 0 unspecified atom stereocenters. The minimum absolute atomic E-state index is 0.00853. The number of thiocarbonyl (C=S) groups is 1. The number of nitro benzene ring substituents is 1. The highest BCUT2D eigenvalue weighted by Gasteiger charge is 2.41. The molecule has 0 saturated carbocycles. The van der Waals surface area contributed by atoms with Crippen molar-refractivity contribution >= 4 is 23.0 Å². The third-order valence-electron chi connectivity index (χ3n) is 5.27. The third-order valence-corrected chi connectivity index (χ3v) is 5.62. The van der Waals surface area contributed by atoms with Crippen LogP contribution in [0.1, 0.15) is 23.5 Å². The van der Waals surface area contributed by atoms with Gasteiger partial charge in [-0.3, -0.25) is 15.1 Å². The molecule has 1 aliphatic heterocycles. The summed E-state index contributed by atoms with van der Waals surface area (Å²) in [5.41, 5.74) is 1.31. The smallest absolute Gasteiger partial charge is 0.280 e. The summed E-state index contributed by atoms with van der Waals surface area (Å²) in [7, 11) is 4.02. The van der Waals surface area contributed by atoms with Crippen LogP contribution in [0.25, 0.3) is 11.3 Å². The molecule has 1 saturated heterocycles. The van der Waals surface area contributed by atoms with Crippen LogP contribution in [0.15, 0.2) is 65.2 Å². The van der Waals surface area contributed by atoms with Gasteiger partial charge in [0.15, 0.2) is 5.11 Å². The summed E-state index contributed by atoms with van der Waals surface area (Å²) >= 11 is 5.64. The van der Waals surface area contributed by atoms with Gasteiger partial charge in [-0.15, -0.1) is 0 Å². The van der Waals surface area contributed by atoms with E-state index < -0.39 is 4.92 Å². The standard InChI is InChI=1S/C22H23N5O3S/c1-25(2)13-14-26-21(20(24-22(26)31)16-8-5-6-12-23-16)19-11-10-18(30-19)15-7-3-4-9-17(15)27(28)29/h3-12,20-21H,13-14H2,1-2H3,(H,24,31)/t20-,21-/m1/s1. The number of pyridine rings is 1. The molecule has 0 aliphatic carbocycles. The van der Waals surface area contributed by atoms with Crippen molar-refractivity contribution in [2.45, 2.75) is 12.1 Å². The summed E-state index contributed by atoms with van der Waals surface area (Å²) in [6.45, 7) is 1.51. The molecule has 3 aromatic rings. The fraction of sp³-hybridized carbons (Fsp3) is 0.273. The summed E-state index contributed by atoms with van der Waals surface area (Å²) in [5.74, 6) is 1.13. The van der Waals surface area contributed by atoms with Crippen LogP contribution in [-0.4, -0.2) is 52.0 Å². The maximum absolute atomic E-state index is 11.5. The molecule has 1 fully saturated rings. The molecule has 4 rings (SSSR count). The van der Waals surface area contributed by atoms with E-state index in [0.29, 0.717) is 28.7 Å². The number of nitrogens with zero attached hydrogens (tertiary/aromatic N) is 4. The van der Waals surface area contributed by atoms with Gasteiger partial charge in [0.25, 0.3) is 5.69 Å². The lowest BCUT2D eigenvalue weighted by Crippen LogP contribution is -2.35. The Labute approximate surface area is 185 Å². The highest BCUT2D eigenvalue weighted by Crippen LogP contribution is 2.41. The van der Waals surface area contributed by atoms with Gasteiger partial charge < -0.3 is 19.5 Å². The molecule has 160 valence electrons. The Hall–Kier alpha value is -3.30. The Morgan fingerprint density at radius 2 is 1.97 bits per heavy atom. The Morgan fingerprint density at radius 3 is 2.68 bits per heavy atom. The number of hydrogen-bond acceptors (Lipinski definition) is 6. The van der Waals surface area contributed by atoms with Crippen LogP contribution in [0.5, 0.6) is 0 Å². The predicted molar refractivity (Wildman–Crippen MR) is 122 cm³/mol. The number of nitro groups is 1. The van der Waals surface area contributed by atoms with Gasteiger partial charge in [-0.25, -0.2) is 0 Å². The van der Waals surface area contributed by atoms with E-state index in [9.17, 15) is 10.1 Å². The van der Waals surface area contributed by atoms with Crippen molar-refractivity contribution in [2.24, 2.45) is 0 Å². The van der Waals surface area contributed by atoms with E-state index >= 15 is 0 Å². The van der Waals surface area contributed by atoms with Gasteiger partial charge in [0.1, 0.15) is 17.6 Å². The monoisotopic (exact) mass is 437 g/mol. The Bertz CT molecular complexity index is 1090. The number of aromatic nitrogens is 1. The second-order valence-electron chi connectivity index (χ2n) is 7.60. The van der Waals surface area contributed by atoms with Gasteiger partial charge in [-0.05, 0) is 56.6 Å². The summed E-state index contributed by atoms with van der Waals surface area (Å²) < 4.78 is 6.19. The summed E-state index contributed by atoms with van der Waals surface area (Å²) in [6.07, 6.45) is 1.75. The van der Waals surface area contributed by atoms with Gasteiger partial charge in [-0.1, -0.05) is 18.2 Å². The predicted octanol–water partition coefficient (Wildman–Crippen LogP) is 3.78. The van der Waals surface area contributed by atoms with Crippen LogP contribution in [-0.2, 0) is 0 Å². The van der Waals surface area contributed by atoms with Crippen LogP contribution >= 0.6 is 12.2 Å².